The number of rotatable bonds is 4. The van der Waals surface area contributed by atoms with Gasteiger partial charge < -0.3 is 11.1 Å². The van der Waals surface area contributed by atoms with Gasteiger partial charge in [-0.15, -0.1) is 0 Å². The average Bonchev–Trinajstić information content (AvgIpc) is 2.38. The average molecular weight is 311 g/mol. The summed E-state index contributed by atoms with van der Waals surface area (Å²) in [6.07, 6.45) is 0.430. The van der Waals surface area contributed by atoms with Gasteiger partial charge >= 0.3 is 0 Å². The summed E-state index contributed by atoms with van der Waals surface area (Å²) >= 11 is 11.4. The van der Waals surface area contributed by atoms with E-state index >= 15 is 0 Å². The van der Waals surface area contributed by atoms with E-state index in [0.29, 0.717) is 6.42 Å². The Balaban J connectivity index is 2.00. The summed E-state index contributed by atoms with van der Waals surface area (Å²) in [5.74, 6) is -0.136. The molecule has 0 saturated carbocycles. The Morgan fingerprint density at radius 3 is 2.60 bits per heavy atom. The first-order valence-corrected chi connectivity index (χ1v) is 6.60. The Labute approximate surface area is 126 Å². The molecule has 0 aliphatic heterocycles. The number of halogens is 2. The zero-order valence-corrected chi connectivity index (χ0v) is 11.9. The summed E-state index contributed by atoms with van der Waals surface area (Å²) in [5.41, 5.74) is 6.83. The van der Waals surface area contributed by atoms with Gasteiger partial charge in [-0.1, -0.05) is 41.9 Å². The molecule has 1 heterocycles. The molecule has 0 saturated heterocycles. The fourth-order valence-electron chi connectivity index (χ4n) is 1.63. The van der Waals surface area contributed by atoms with Crippen molar-refractivity contribution in [2.45, 2.75) is 12.5 Å². The third-order valence-electron chi connectivity index (χ3n) is 2.55. The lowest BCUT2D eigenvalue weighted by atomic mass is 10.1. The van der Waals surface area contributed by atoms with Crippen LogP contribution in [0.1, 0.15) is 5.56 Å². The largest absolute Gasteiger partial charge is 0.320 e. The van der Waals surface area contributed by atoms with Crippen LogP contribution in [0, 0.1) is 0 Å². The molecule has 1 amide bonds. The molecule has 2 rings (SSSR count). The van der Waals surface area contributed by atoms with Gasteiger partial charge in [-0.2, -0.15) is 0 Å². The van der Waals surface area contributed by atoms with Crippen LogP contribution in [-0.4, -0.2) is 21.9 Å². The van der Waals surface area contributed by atoms with Crippen LogP contribution in [0.4, 0.5) is 5.82 Å². The summed E-state index contributed by atoms with van der Waals surface area (Å²) in [6, 6.07) is 10.2. The van der Waals surface area contributed by atoms with Crippen molar-refractivity contribution in [1.29, 1.82) is 0 Å². The van der Waals surface area contributed by atoms with E-state index in [9.17, 15) is 4.79 Å². The van der Waals surface area contributed by atoms with E-state index in [-0.39, 0.29) is 22.2 Å². The maximum atomic E-state index is 12.0. The minimum atomic E-state index is -0.690. The summed E-state index contributed by atoms with van der Waals surface area (Å²) in [5, 5.41) is 2.67. The van der Waals surface area contributed by atoms with Crippen molar-refractivity contribution >= 4 is 34.9 Å². The van der Waals surface area contributed by atoms with Crippen molar-refractivity contribution < 1.29 is 4.79 Å². The van der Waals surface area contributed by atoms with E-state index in [1.165, 1.54) is 6.07 Å². The van der Waals surface area contributed by atoms with Crippen LogP contribution in [0.3, 0.4) is 0 Å². The number of nitrogens with two attached hydrogens (primary N) is 1. The minimum Gasteiger partial charge on any atom is -0.320 e. The van der Waals surface area contributed by atoms with Crippen LogP contribution in [0.15, 0.2) is 36.4 Å². The van der Waals surface area contributed by atoms with E-state index < -0.39 is 6.04 Å². The number of carbonyl (C=O) groups is 1. The highest BCUT2D eigenvalue weighted by Gasteiger charge is 2.15. The summed E-state index contributed by atoms with van der Waals surface area (Å²) in [6.45, 7) is 0. The first kappa shape index (κ1) is 14.7. The highest BCUT2D eigenvalue weighted by atomic mass is 35.5. The molecule has 20 heavy (non-hydrogen) atoms. The van der Waals surface area contributed by atoms with Gasteiger partial charge in [-0.05, 0) is 23.6 Å². The molecule has 0 radical (unpaired) electrons. The molecule has 5 nitrogen and oxygen atoms in total. The lowest BCUT2D eigenvalue weighted by molar-refractivity contribution is -0.117. The van der Waals surface area contributed by atoms with E-state index in [2.05, 4.69) is 15.3 Å². The first-order valence-electron chi connectivity index (χ1n) is 5.85. The molecule has 1 aromatic heterocycles. The molecule has 0 bridgehead atoms. The van der Waals surface area contributed by atoms with Crippen molar-refractivity contribution in [1.82, 2.24) is 9.97 Å². The van der Waals surface area contributed by atoms with Gasteiger partial charge in [0.05, 0.1) is 6.04 Å². The Morgan fingerprint density at radius 2 is 1.95 bits per heavy atom. The van der Waals surface area contributed by atoms with E-state index in [4.69, 9.17) is 28.9 Å². The van der Waals surface area contributed by atoms with E-state index in [1.54, 1.807) is 0 Å². The monoisotopic (exact) mass is 310 g/mol. The van der Waals surface area contributed by atoms with Crippen LogP contribution in [0.25, 0.3) is 0 Å². The Hall–Kier alpha value is -1.69. The third kappa shape index (κ3) is 4.16. The highest BCUT2D eigenvalue weighted by Crippen LogP contribution is 2.14. The topological polar surface area (TPSA) is 80.9 Å². The number of aromatic nitrogens is 2. The van der Waals surface area contributed by atoms with Gasteiger partial charge in [0.2, 0.25) is 11.2 Å². The van der Waals surface area contributed by atoms with Crippen molar-refractivity contribution in [2.75, 3.05) is 5.32 Å². The van der Waals surface area contributed by atoms with Gasteiger partial charge in [0, 0.05) is 6.07 Å². The molecule has 1 aromatic carbocycles. The molecule has 3 N–H and O–H groups in total. The number of hydrogen-bond acceptors (Lipinski definition) is 4. The van der Waals surface area contributed by atoms with Crippen LogP contribution >= 0.6 is 23.2 Å². The molecule has 104 valence electrons. The summed E-state index contributed by atoms with van der Waals surface area (Å²) in [4.78, 5) is 19.5. The molecule has 1 unspecified atom stereocenters. The minimum absolute atomic E-state index is 0.0376. The van der Waals surface area contributed by atoms with Crippen LogP contribution in [-0.2, 0) is 11.2 Å². The van der Waals surface area contributed by atoms with Gasteiger partial charge in [0.1, 0.15) is 11.0 Å². The molecule has 7 heteroatoms. The van der Waals surface area contributed by atoms with E-state index in [0.717, 1.165) is 5.56 Å². The number of nitrogens with zero attached hydrogens (tertiary/aromatic N) is 2. The number of nitrogens with one attached hydrogen (secondary N) is 1. The normalized spacial score (nSPS) is 11.9. The number of benzene rings is 1. The van der Waals surface area contributed by atoms with Crippen molar-refractivity contribution in [2.24, 2.45) is 5.73 Å². The van der Waals surface area contributed by atoms with Gasteiger partial charge in [0.15, 0.2) is 0 Å². The molecule has 0 spiro atoms. The molecule has 0 fully saturated rings. The molecule has 0 aliphatic rings. The summed E-state index contributed by atoms with van der Waals surface area (Å²) < 4.78 is 0. The second kappa shape index (κ2) is 6.65. The highest BCUT2D eigenvalue weighted by molar-refractivity contribution is 6.32. The molecular formula is C13H12Cl2N4O. The molecule has 2 aromatic rings. The number of hydrogen-bond donors (Lipinski definition) is 2. The predicted molar refractivity (Wildman–Crippen MR) is 78.8 cm³/mol. The fraction of sp³-hybridized carbons (Fsp3) is 0.154. The second-order valence-corrected chi connectivity index (χ2v) is 4.86. The Morgan fingerprint density at radius 1 is 1.25 bits per heavy atom. The van der Waals surface area contributed by atoms with E-state index in [1.807, 2.05) is 30.3 Å². The summed E-state index contributed by atoms with van der Waals surface area (Å²) in [7, 11) is 0. The van der Waals surface area contributed by atoms with Gasteiger partial charge in [0.25, 0.3) is 0 Å². The van der Waals surface area contributed by atoms with Crippen molar-refractivity contribution in [3.63, 3.8) is 0 Å². The van der Waals surface area contributed by atoms with Crippen LogP contribution in [0.2, 0.25) is 10.4 Å². The third-order valence-corrected chi connectivity index (χ3v) is 2.92. The first-order chi connectivity index (χ1) is 9.54. The lowest BCUT2D eigenvalue weighted by Gasteiger charge is -2.12. The molecular weight excluding hydrogens is 299 g/mol. The van der Waals surface area contributed by atoms with Crippen molar-refractivity contribution in [3.05, 3.63) is 52.4 Å². The van der Waals surface area contributed by atoms with Gasteiger partial charge in [-0.3, -0.25) is 4.79 Å². The lowest BCUT2D eigenvalue weighted by Crippen LogP contribution is -2.37. The number of amides is 1. The van der Waals surface area contributed by atoms with Gasteiger partial charge in [-0.25, -0.2) is 9.97 Å². The molecule has 0 aliphatic carbocycles. The maximum Gasteiger partial charge on any atom is 0.242 e. The zero-order valence-electron chi connectivity index (χ0n) is 10.4. The quantitative estimate of drug-likeness (QED) is 0.670. The molecule has 1 atom stereocenters. The Bertz CT molecular complexity index is 586. The Kier molecular flexibility index (Phi) is 4.89. The number of carbonyl (C=O) groups excluding carboxylic acids is 1. The van der Waals surface area contributed by atoms with Crippen LogP contribution < -0.4 is 11.1 Å². The number of anilines is 1. The predicted octanol–water partition coefficient (Wildman–Crippen LogP) is 2.29. The van der Waals surface area contributed by atoms with Crippen molar-refractivity contribution in [3.8, 4) is 0 Å². The fourth-order valence-corrected chi connectivity index (χ4v) is 2.04. The zero-order chi connectivity index (χ0) is 14.5. The van der Waals surface area contributed by atoms with Crippen LogP contribution in [0.5, 0.6) is 0 Å². The SMILES string of the molecule is NC(Cc1ccccc1)C(=O)Nc1cc(Cl)nc(Cl)n1. The second-order valence-electron chi connectivity index (χ2n) is 4.13. The standard InChI is InChI=1S/C13H12Cl2N4O/c14-10-7-11(19-13(15)17-10)18-12(20)9(16)6-8-4-2-1-3-5-8/h1-5,7,9H,6,16H2,(H,17,18,19,20). The maximum absolute atomic E-state index is 12.0. The smallest absolute Gasteiger partial charge is 0.242 e.